The van der Waals surface area contributed by atoms with Crippen LogP contribution < -0.4 is 0 Å². The van der Waals surface area contributed by atoms with Crippen molar-refractivity contribution in [3.05, 3.63) is 52.0 Å². The third kappa shape index (κ3) is 3.97. The lowest BCUT2D eigenvalue weighted by molar-refractivity contribution is 0.516. The smallest absolute Gasteiger partial charge is 0.0175 e. The molecule has 0 saturated heterocycles. The SMILES string of the molecule is C/C=C(\C=C/c1ccc(Br)cc1)C(C)(C)C. The van der Waals surface area contributed by atoms with E-state index in [0.717, 1.165) is 4.47 Å². The molecule has 0 bridgehead atoms. The van der Waals surface area contributed by atoms with Crippen LogP contribution in [0.25, 0.3) is 6.08 Å². The molecule has 0 aliphatic rings. The van der Waals surface area contributed by atoms with Gasteiger partial charge in [-0.3, -0.25) is 0 Å². The first kappa shape index (κ1) is 13.2. The molecule has 0 saturated carbocycles. The van der Waals surface area contributed by atoms with Crippen molar-refractivity contribution < 1.29 is 0 Å². The zero-order valence-electron chi connectivity index (χ0n) is 10.4. The molecule has 0 radical (unpaired) electrons. The molecular weight excluding hydrogens is 260 g/mol. The number of rotatable bonds is 2. The maximum Gasteiger partial charge on any atom is 0.0175 e. The van der Waals surface area contributed by atoms with E-state index in [1.165, 1.54) is 11.1 Å². The predicted molar refractivity (Wildman–Crippen MR) is 76.4 cm³/mol. The fourth-order valence-electron chi connectivity index (χ4n) is 1.54. The lowest BCUT2D eigenvalue weighted by Gasteiger charge is -2.19. The molecule has 0 amide bonds. The Hall–Kier alpha value is -0.820. The predicted octanol–water partition coefficient (Wildman–Crippen LogP) is 5.45. The van der Waals surface area contributed by atoms with E-state index < -0.39 is 0 Å². The highest BCUT2D eigenvalue weighted by Gasteiger charge is 2.12. The first-order chi connectivity index (χ1) is 7.43. The molecule has 0 nitrogen and oxygen atoms in total. The van der Waals surface area contributed by atoms with Gasteiger partial charge in [-0.2, -0.15) is 0 Å². The molecule has 0 spiro atoms. The van der Waals surface area contributed by atoms with E-state index in [2.05, 4.69) is 86.1 Å². The van der Waals surface area contributed by atoms with Crippen molar-refractivity contribution in [1.82, 2.24) is 0 Å². The number of allylic oxidation sites excluding steroid dienone is 3. The minimum atomic E-state index is 0.209. The van der Waals surface area contributed by atoms with E-state index in [9.17, 15) is 0 Å². The summed E-state index contributed by atoms with van der Waals surface area (Å²) in [5.74, 6) is 0. The number of hydrogen-bond donors (Lipinski definition) is 0. The summed E-state index contributed by atoms with van der Waals surface area (Å²) in [4.78, 5) is 0. The molecule has 0 N–H and O–H groups in total. The second-order valence-corrected chi connectivity index (χ2v) is 5.79. The van der Waals surface area contributed by atoms with Crippen molar-refractivity contribution in [2.45, 2.75) is 27.7 Å². The Labute approximate surface area is 107 Å². The fraction of sp³-hybridized carbons (Fsp3) is 0.333. The number of benzene rings is 1. The molecule has 1 heteroatoms. The van der Waals surface area contributed by atoms with Crippen molar-refractivity contribution in [3.8, 4) is 0 Å². The molecule has 16 heavy (non-hydrogen) atoms. The summed E-state index contributed by atoms with van der Waals surface area (Å²) >= 11 is 3.44. The Bertz CT molecular complexity index is 388. The van der Waals surface area contributed by atoms with Gasteiger partial charge in [0.2, 0.25) is 0 Å². The van der Waals surface area contributed by atoms with Crippen LogP contribution in [0.1, 0.15) is 33.3 Å². The molecule has 86 valence electrons. The minimum Gasteiger partial charge on any atom is -0.0839 e. The standard InChI is InChI=1S/C15H19Br/c1-5-13(15(2,3)4)9-6-12-7-10-14(16)11-8-12/h5-11H,1-4H3/b9-6-,13-5+. The summed E-state index contributed by atoms with van der Waals surface area (Å²) in [5, 5.41) is 0. The van der Waals surface area contributed by atoms with Gasteiger partial charge in [0.1, 0.15) is 0 Å². The highest BCUT2D eigenvalue weighted by atomic mass is 79.9. The topological polar surface area (TPSA) is 0 Å². The summed E-state index contributed by atoms with van der Waals surface area (Å²) < 4.78 is 1.12. The first-order valence-corrected chi connectivity index (χ1v) is 6.33. The van der Waals surface area contributed by atoms with Gasteiger partial charge in [-0.1, -0.05) is 67.1 Å². The Morgan fingerprint density at radius 3 is 2.12 bits per heavy atom. The summed E-state index contributed by atoms with van der Waals surface area (Å²) in [6.07, 6.45) is 6.53. The van der Waals surface area contributed by atoms with Crippen LogP contribution in [0.2, 0.25) is 0 Å². The fourth-order valence-corrected chi connectivity index (χ4v) is 1.80. The van der Waals surface area contributed by atoms with Crippen LogP contribution in [0.3, 0.4) is 0 Å². The Kier molecular flexibility index (Phi) is 4.55. The molecule has 0 unspecified atom stereocenters. The molecule has 0 aromatic heterocycles. The van der Waals surface area contributed by atoms with Crippen LogP contribution >= 0.6 is 15.9 Å². The molecule has 0 heterocycles. The van der Waals surface area contributed by atoms with Crippen molar-refractivity contribution in [2.75, 3.05) is 0 Å². The summed E-state index contributed by atoms with van der Waals surface area (Å²) in [6, 6.07) is 8.34. The van der Waals surface area contributed by atoms with Gasteiger partial charge in [0.25, 0.3) is 0 Å². The third-order valence-electron chi connectivity index (χ3n) is 2.50. The Balaban J connectivity index is 2.84. The monoisotopic (exact) mass is 278 g/mol. The van der Waals surface area contributed by atoms with Gasteiger partial charge in [0.15, 0.2) is 0 Å². The molecule has 0 aliphatic carbocycles. The van der Waals surface area contributed by atoms with Gasteiger partial charge >= 0.3 is 0 Å². The van der Waals surface area contributed by atoms with Crippen LogP contribution in [0.5, 0.6) is 0 Å². The van der Waals surface area contributed by atoms with Crippen LogP contribution in [0.15, 0.2) is 46.5 Å². The van der Waals surface area contributed by atoms with Crippen LogP contribution in [-0.4, -0.2) is 0 Å². The second kappa shape index (κ2) is 5.49. The maximum atomic E-state index is 3.44. The lowest BCUT2D eigenvalue weighted by atomic mass is 9.86. The highest BCUT2D eigenvalue weighted by molar-refractivity contribution is 9.10. The van der Waals surface area contributed by atoms with Gasteiger partial charge in [0, 0.05) is 4.47 Å². The van der Waals surface area contributed by atoms with Gasteiger partial charge in [-0.25, -0.2) is 0 Å². The van der Waals surface area contributed by atoms with E-state index in [1.807, 2.05) is 0 Å². The van der Waals surface area contributed by atoms with Crippen molar-refractivity contribution in [3.63, 3.8) is 0 Å². The van der Waals surface area contributed by atoms with E-state index in [1.54, 1.807) is 0 Å². The molecule has 1 aromatic rings. The van der Waals surface area contributed by atoms with Gasteiger partial charge in [-0.15, -0.1) is 0 Å². The van der Waals surface area contributed by atoms with Gasteiger partial charge in [0.05, 0.1) is 0 Å². The molecule has 1 rings (SSSR count). The van der Waals surface area contributed by atoms with E-state index in [-0.39, 0.29) is 5.41 Å². The zero-order chi connectivity index (χ0) is 12.2. The van der Waals surface area contributed by atoms with Gasteiger partial charge < -0.3 is 0 Å². The number of halogens is 1. The Morgan fingerprint density at radius 1 is 1.12 bits per heavy atom. The summed E-state index contributed by atoms with van der Waals surface area (Å²) in [5.41, 5.74) is 2.79. The maximum absolute atomic E-state index is 3.44. The summed E-state index contributed by atoms with van der Waals surface area (Å²) in [7, 11) is 0. The lowest BCUT2D eigenvalue weighted by Crippen LogP contribution is -2.06. The normalized spacial score (nSPS) is 13.4. The van der Waals surface area contributed by atoms with E-state index in [4.69, 9.17) is 0 Å². The molecule has 0 aliphatic heterocycles. The van der Waals surface area contributed by atoms with Crippen LogP contribution in [0.4, 0.5) is 0 Å². The zero-order valence-corrected chi connectivity index (χ0v) is 12.0. The van der Waals surface area contributed by atoms with E-state index >= 15 is 0 Å². The highest BCUT2D eigenvalue weighted by Crippen LogP contribution is 2.26. The van der Waals surface area contributed by atoms with E-state index in [0.29, 0.717) is 0 Å². The molecule has 1 aromatic carbocycles. The molecule has 0 atom stereocenters. The van der Waals surface area contributed by atoms with Gasteiger partial charge in [-0.05, 0) is 35.6 Å². The first-order valence-electron chi connectivity index (χ1n) is 5.54. The minimum absolute atomic E-state index is 0.209. The Morgan fingerprint density at radius 2 is 1.69 bits per heavy atom. The quantitative estimate of drug-likeness (QED) is 0.631. The second-order valence-electron chi connectivity index (χ2n) is 4.88. The van der Waals surface area contributed by atoms with Crippen molar-refractivity contribution >= 4 is 22.0 Å². The summed E-state index contributed by atoms with van der Waals surface area (Å²) in [6.45, 7) is 8.78. The average molecular weight is 279 g/mol. The number of hydrogen-bond acceptors (Lipinski definition) is 0. The molecule has 0 fully saturated rings. The van der Waals surface area contributed by atoms with Crippen LogP contribution in [-0.2, 0) is 0 Å². The average Bonchev–Trinajstić information content (AvgIpc) is 2.19. The van der Waals surface area contributed by atoms with Crippen molar-refractivity contribution in [1.29, 1.82) is 0 Å². The third-order valence-corrected chi connectivity index (χ3v) is 3.03. The van der Waals surface area contributed by atoms with Crippen LogP contribution in [0, 0.1) is 5.41 Å². The largest absolute Gasteiger partial charge is 0.0839 e. The molecular formula is C15H19Br. The van der Waals surface area contributed by atoms with Crippen molar-refractivity contribution in [2.24, 2.45) is 5.41 Å².